The maximum Gasteiger partial charge on any atom is 0.261 e. The van der Waals surface area contributed by atoms with Crippen LogP contribution in [0.4, 0.5) is 0 Å². The van der Waals surface area contributed by atoms with E-state index in [1.54, 1.807) is 0 Å². The Kier molecular flexibility index (Phi) is 14.9. The van der Waals surface area contributed by atoms with Crippen molar-refractivity contribution >= 4 is 24.6 Å². The Morgan fingerprint density at radius 2 is 1.24 bits per heavy atom. The van der Waals surface area contributed by atoms with E-state index in [1.807, 2.05) is 12.1 Å². The molecule has 2 aromatic rings. The Bertz CT molecular complexity index is 843. The van der Waals surface area contributed by atoms with Crippen molar-refractivity contribution in [3.05, 3.63) is 60.7 Å². The number of benzene rings is 2. The van der Waals surface area contributed by atoms with Crippen molar-refractivity contribution in [2.24, 2.45) is 5.73 Å². The molecule has 1 amide bonds. The summed E-state index contributed by atoms with van der Waals surface area (Å²) in [6, 6.07) is 21.0. The van der Waals surface area contributed by atoms with Crippen LogP contribution in [0.15, 0.2) is 60.7 Å². The minimum atomic E-state index is -2.64. The third-order valence-corrected chi connectivity index (χ3v) is 12.6. The van der Waals surface area contributed by atoms with Gasteiger partial charge in [0.05, 0.1) is 12.6 Å². The predicted molar refractivity (Wildman–Crippen MR) is 166 cm³/mol. The van der Waals surface area contributed by atoms with Gasteiger partial charge in [-0.3, -0.25) is 4.79 Å². The highest BCUT2D eigenvalue weighted by Crippen LogP contribution is 2.36. The van der Waals surface area contributed by atoms with E-state index in [2.05, 4.69) is 81.5 Å². The largest absolute Gasteiger partial charge is 0.405 e. The first-order valence-corrected chi connectivity index (χ1v) is 17.0. The average molecular weight is 539 g/mol. The number of carbonyl (C=O) groups excluding carboxylic acids is 1. The van der Waals surface area contributed by atoms with E-state index in [9.17, 15) is 4.79 Å². The normalized spacial score (nSPS) is 12.9. The van der Waals surface area contributed by atoms with Crippen LogP contribution >= 0.6 is 0 Å². The summed E-state index contributed by atoms with van der Waals surface area (Å²) in [5.74, 6) is 0.0856. The van der Waals surface area contributed by atoms with Crippen LogP contribution in [-0.4, -0.2) is 33.4 Å². The summed E-state index contributed by atoms with van der Waals surface area (Å²) in [6.45, 7) is 9.84. The summed E-state index contributed by atoms with van der Waals surface area (Å²) >= 11 is 0. The fraction of sp³-hybridized carbons (Fsp3) is 0.606. The molecule has 0 saturated carbocycles. The third kappa shape index (κ3) is 10.3. The Morgan fingerprint density at radius 3 is 1.66 bits per heavy atom. The average Bonchev–Trinajstić information content (AvgIpc) is 2.91. The van der Waals surface area contributed by atoms with E-state index in [0.717, 1.165) is 12.8 Å². The van der Waals surface area contributed by atoms with Crippen LogP contribution in [0.1, 0.15) is 105 Å². The molecule has 0 fully saturated rings. The van der Waals surface area contributed by atoms with Crippen LogP contribution in [0.5, 0.6) is 0 Å². The second-order valence-corrected chi connectivity index (χ2v) is 16.1. The van der Waals surface area contributed by atoms with Gasteiger partial charge < -0.3 is 15.5 Å². The fourth-order valence-corrected chi connectivity index (χ4v) is 10.0. The summed E-state index contributed by atoms with van der Waals surface area (Å²) in [6.07, 6.45) is 14.6. The summed E-state index contributed by atoms with van der Waals surface area (Å²) in [7, 11) is -2.64. The number of hydrogen-bond acceptors (Lipinski definition) is 3. The molecule has 0 radical (unpaired) electrons. The van der Waals surface area contributed by atoms with Gasteiger partial charge in [-0.25, -0.2) is 0 Å². The minimum absolute atomic E-state index is 0.0856. The first-order valence-electron chi connectivity index (χ1n) is 15.1. The van der Waals surface area contributed by atoms with Gasteiger partial charge in [0.25, 0.3) is 8.32 Å². The lowest BCUT2D eigenvalue weighted by molar-refractivity contribution is -0.122. The van der Waals surface area contributed by atoms with E-state index in [4.69, 9.17) is 10.2 Å². The molecule has 2 aromatic carbocycles. The molecule has 5 heteroatoms. The van der Waals surface area contributed by atoms with Crippen LogP contribution < -0.4 is 21.4 Å². The van der Waals surface area contributed by atoms with Crippen molar-refractivity contribution < 1.29 is 9.22 Å². The Balaban J connectivity index is 1.87. The van der Waals surface area contributed by atoms with Crippen LogP contribution in [0.3, 0.4) is 0 Å². The van der Waals surface area contributed by atoms with Gasteiger partial charge >= 0.3 is 0 Å². The van der Waals surface area contributed by atoms with E-state index >= 15 is 0 Å². The predicted octanol–water partition coefficient (Wildman–Crippen LogP) is 6.71. The highest BCUT2D eigenvalue weighted by molar-refractivity contribution is 6.99. The molecule has 0 aliphatic carbocycles. The van der Waals surface area contributed by atoms with E-state index in [0.29, 0.717) is 19.6 Å². The number of nitrogens with two attached hydrogens (primary N) is 1. The number of amides is 1. The van der Waals surface area contributed by atoms with Crippen LogP contribution in [0.25, 0.3) is 0 Å². The van der Waals surface area contributed by atoms with Gasteiger partial charge in [-0.05, 0) is 21.8 Å². The van der Waals surface area contributed by atoms with Crippen molar-refractivity contribution in [2.45, 2.75) is 116 Å². The van der Waals surface area contributed by atoms with E-state index < -0.39 is 8.32 Å². The van der Waals surface area contributed by atoms with E-state index in [-0.39, 0.29) is 17.0 Å². The number of carbonyl (C=O) groups is 1. The highest BCUT2D eigenvalue weighted by atomic mass is 28.4. The van der Waals surface area contributed by atoms with Crippen molar-refractivity contribution in [1.82, 2.24) is 5.32 Å². The minimum Gasteiger partial charge on any atom is -0.405 e. The maximum atomic E-state index is 12.7. The zero-order valence-corrected chi connectivity index (χ0v) is 25.6. The second kappa shape index (κ2) is 17.6. The molecule has 2 rings (SSSR count). The molecule has 38 heavy (non-hydrogen) atoms. The SMILES string of the molecule is CCCCCCCCCCCCCC(=O)NC(CN)CO[Si](c1ccccc1)(c1ccccc1)C(C)(C)C. The summed E-state index contributed by atoms with van der Waals surface area (Å²) in [5.41, 5.74) is 6.12. The number of rotatable bonds is 19. The van der Waals surface area contributed by atoms with Crippen molar-refractivity contribution in [1.29, 1.82) is 0 Å². The first kappa shape index (κ1) is 32.3. The number of nitrogens with one attached hydrogen (secondary N) is 1. The summed E-state index contributed by atoms with van der Waals surface area (Å²) in [4.78, 5) is 12.7. The Labute approximate surface area is 234 Å². The molecule has 4 nitrogen and oxygen atoms in total. The van der Waals surface area contributed by atoms with Crippen molar-refractivity contribution in [3.63, 3.8) is 0 Å². The van der Waals surface area contributed by atoms with Gasteiger partial charge in [0.2, 0.25) is 5.91 Å². The molecule has 1 atom stereocenters. The van der Waals surface area contributed by atoms with Gasteiger partial charge in [0.1, 0.15) is 0 Å². The van der Waals surface area contributed by atoms with Crippen molar-refractivity contribution in [3.8, 4) is 0 Å². The zero-order chi connectivity index (χ0) is 27.7. The van der Waals surface area contributed by atoms with Gasteiger partial charge in [-0.1, -0.05) is 153 Å². The molecular weight excluding hydrogens is 484 g/mol. The van der Waals surface area contributed by atoms with Crippen molar-refractivity contribution in [2.75, 3.05) is 13.2 Å². The number of hydrogen-bond donors (Lipinski definition) is 2. The monoisotopic (exact) mass is 538 g/mol. The maximum absolute atomic E-state index is 12.7. The molecule has 0 aliphatic heterocycles. The van der Waals surface area contributed by atoms with Crippen LogP contribution in [0, 0.1) is 0 Å². The summed E-state index contributed by atoms with van der Waals surface area (Å²) < 4.78 is 6.98. The molecule has 1 unspecified atom stereocenters. The number of unbranched alkanes of at least 4 members (excludes halogenated alkanes) is 10. The molecule has 3 N–H and O–H groups in total. The van der Waals surface area contributed by atoms with Crippen LogP contribution in [0.2, 0.25) is 5.04 Å². The quantitative estimate of drug-likeness (QED) is 0.154. The summed E-state index contributed by atoms with van der Waals surface area (Å²) in [5, 5.41) is 5.54. The topological polar surface area (TPSA) is 64.4 Å². The molecule has 0 saturated heterocycles. The van der Waals surface area contributed by atoms with Crippen LogP contribution in [-0.2, 0) is 9.22 Å². The van der Waals surface area contributed by atoms with Gasteiger partial charge in [-0.2, -0.15) is 0 Å². The molecule has 212 valence electrons. The first-order chi connectivity index (χ1) is 18.3. The lowest BCUT2D eigenvalue weighted by Gasteiger charge is -2.43. The smallest absolute Gasteiger partial charge is 0.261 e. The van der Waals surface area contributed by atoms with Gasteiger partial charge in [0.15, 0.2) is 0 Å². The fourth-order valence-electron chi connectivity index (χ4n) is 5.41. The molecule has 0 spiro atoms. The highest BCUT2D eigenvalue weighted by Gasteiger charge is 2.50. The molecular formula is C33H54N2O2Si. The van der Waals surface area contributed by atoms with Gasteiger partial charge in [-0.15, -0.1) is 0 Å². The lowest BCUT2D eigenvalue weighted by Crippen LogP contribution is -2.67. The lowest BCUT2D eigenvalue weighted by atomic mass is 10.1. The van der Waals surface area contributed by atoms with Gasteiger partial charge in [0, 0.05) is 13.0 Å². The zero-order valence-electron chi connectivity index (χ0n) is 24.6. The molecule has 0 aliphatic rings. The molecule has 0 bridgehead atoms. The molecule has 0 aromatic heterocycles. The second-order valence-electron chi connectivity index (χ2n) is 11.8. The van der Waals surface area contributed by atoms with E-state index in [1.165, 1.54) is 68.2 Å². The third-order valence-electron chi connectivity index (χ3n) is 7.57. The molecule has 0 heterocycles. The standard InChI is InChI=1S/C33H54N2O2Si/c1-5-6-7-8-9-10-11-12-13-14-21-26-32(36)35-29(27-34)28-37-38(33(2,3)4,30-22-17-15-18-23-30)31-24-19-16-20-25-31/h15-20,22-25,29H,5-14,21,26-28,34H2,1-4H3,(H,35,36). The Morgan fingerprint density at radius 1 is 0.789 bits per heavy atom. The Hall–Kier alpha value is -1.95.